The Hall–Kier alpha value is -2.52. The Kier molecular flexibility index (Phi) is 8.53. The maximum Gasteiger partial charge on any atom is 0.417 e. The minimum absolute atomic E-state index is 0. The lowest BCUT2D eigenvalue weighted by molar-refractivity contribution is -0.138. The molecule has 38 heavy (non-hydrogen) atoms. The lowest BCUT2D eigenvalue weighted by Crippen LogP contribution is -2.49. The van der Waals surface area contributed by atoms with E-state index in [0.717, 1.165) is 17.2 Å². The van der Waals surface area contributed by atoms with Gasteiger partial charge in [-0.25, -0.2) is 30.2 Å². The standard InChI is InChI=1S/C22H25F3N2O7S3.CH4/c1-21(2,37(33,34)17-7-5-6-16(12-17)35(3,29)30)14-8-9-27(19(28)11-14)20-18(36(4,31)32)10-15(13-26-20)22(23,24)25;/h5-7,10,12-14H,8-9,11H2,1-4H3;1H4/t14-;/m0./s1. The summed E-state index contributed by atoms with van der Waals surface area (Å²) in [7, 11) is -12.0. The van der Waals surface area contributed by atoms with E-state index in [2.05, 4.69) is 4.98 Å². The van der Waals surface area contributed by atoms with E-state index >= 15 is 0 Å². The Morgan fingerprint density at radius 3 is 2.03 bits per heavy atom. The van der Waals surface area contributed by atoms with Crippen LogP contribution in [0.2, 0.25) is 0 Å². The average Bonchev–Trinajstić information content (AvgIpc) is 2.77. The monoisotopic (exact) mass is 598 g/mol. The zero-order valence-corrected chi connectivity index (χ0v) is 22.7. The molecule has 212 valence electrons. The lowest BCUT2D eigenvalue weighted by Gasteiger charge is -2.39. The van der Waals surface area contributed by atoms with Gasteiger partial charge in [-0.05, 0) is 50.5 Å². The fourth-order valence-corrected chi connectivity index (χ4v) is 7.48. The largest absolute Gasteiger partial charge is 0.417 e. The fraction of sp³-hybridized carbons (Fsp3) is 0.478. The molecule has 0 bridgehead atoms. The number of carbonyl (C=O) groups is 1. The number of halogens is 3. The molecule has 1 saturated heterocycles. The molecule has 1 aliphatic heterocycles. The van der Waals surface area contributed by atoms with Crippen LogP contribution in [0.4, 0.5) is 19.0 Å². The van der Waals surface area contributed by atoms with E-state index in [-0.39, 0.29) is 36.6 Å². The number of alkyl halides is 3. The zero-order valence-electron chi connectivity index (χ0n) is 20.3. The molecule has 3 rings (SSSR count). The predicted molar refractivity (Wildman–Crippen MR) is 135 cm³/mol. The van der Waals surface area contributed by atoms with E-state index in [1.54, 1.807) is 0 Å². The van der Waals surface area contributed by atoms with Gasteiger partial charge in [-0.15, -0.1) is 0 Å². The van der Waals surface area contributed by atoms with Gasteiger partial charge in [0.05, 0.1) is 20.1 Å². The highest BCUT2D eigenvalue weighted by Crippen LogP contribution is 2.41. The molecular formula is C23H29F3N2O7S3. The van der Waals surface area contributed by atoms with Crippen molar-refractivity contribution in [2.45, 2.75) is 59.7 Å². The van der Waals surface area contributed by atoms with E-state index in [1.807, 2.05) is 0 Å². The van der Waals surface area contributed by atoms with Crippen LogP contribution in [0.25, 0.3) is 0 Å². The van der Waals surface area contributed by atoms with E-state index in [9.17, 15) is 43.2 Å². The van der Waals surface area contributed by atoms with E-state index in [0.29, 0.717) is 18.5 Å². The molecule has 0 saturated carbocycles. The normalized spacial score (nSPS) is 17.7. The van der Waals surface area contributed by atoms with Crippen molar-refractivity contribution in [1.29, 1.82) is 0 Å². The van der Waals surface area contributed by atoms with Crippen LogP contribution < -0.4 is 4.90 Å². The third kappa shape index (κ3) is 6.04. The van der Waals surface area contributed by atoms with Gasteiger partial charge in [-0.2, -0.15) is 13.2 Å². The van der Waals surface area contributed by atoms with Gasteiger partial charge < -0.3 is 0 Å². The van der Waals surface area contributed by atoms with Gasteiger partial charge in [0.1, 0.15) is 4.90 Å². The van der Waals surface area contributed by atoms with Crippen LogP contribution in [0.3, 0.4) is 0 Å². The summed E-state index contributed by atoms with van der Waals surface area (Å²) in [6.45, 7) is 2.62. The SMILES string of the molecule is C.CC(C)([C@H]1CCN(c2ncc(C(F)(F)F)cc2S(C)(=O)=O)C(=O)C1)S(=O)(=O)c1cccc(S(C)(=O)=O)c1. The zero-order chi connectivity index (χ0) is 28.2. The third-order valence-corrected chi connectivity index (χ3v) is 11.3. The molecular weight excluding hydrogens is 569 g/mol. The van der Waals surface area contributed by atoms with Crippen molar-refractivity contribution in [3.63, 3.8) is 0 Å². The van der Waals surface area contributed by atoms with Crippen molar-refractivity contribution < 1.29 is 43.2 Å². The first kappa shape index (κ1) is 31.7. The highest BCUT2D eigenvalue weighted by atomic mass is 32.2. The van der Waals surface area contributed by atoms with Crippen molar-refractivity contribution in [2.75, 3.05) is 24.0 Å². The number of anilines is 1. The number of rotatable bonds is 6. The first-order chi connectivity index (χ1) is 16.7. The molecule has 0 spiro atoms. The van der Waals surface area contributed by atoms with E-state index in [4.69, 9.17) is 0 Å². The van der Waals surface area contributed by atoms with E-state index < -0.39 is 68.5 Å². The van der Waals surface area contributed by atoms with Crippen molar-refractivity contribution >= 4 is 41.2 Å². The van der Waals surface area contributed by atoms with Crippen molar-refractivity contribution in [3.05, 3.63) is 42.1 Å². The molecule has 1 aliphatic rings. The number of piperidine rings is 1. The Morgan fingerprint density at radius 1 is 0.947 bits per heavy atom. The van der Waals surface area contributed by atoms with Gasteiger partial charge in [0, 0.05) is 31.7 Å². The predicted octanol–water partition coefficient (Wildman–Crippen LogP) is 3.54. The summed E-state index contributed by atoms with van der Waals surface area (Å²) >= 11 is 0. The number of aromatic nitrogens is 1. The summed E-state index contributed by atoms with van der Waals surface area (Å²) in [4.78, 5) is 16.4. The Labute approximate surface area is 220 Å². The molecule has 0 aliphatic carbocycles. The van der Waals surface area contributed by atoms with Crippen molar-refractivity contribution in [1.82, 2.24) is 4.98 Å². The molecule has 9 nitrogen and oxygen atoms in total. The number of benzene rings is 1. The van der Waals surface area contributed by atoms with Gasteiger partial charge >= 0.3 is 6.18 Å². The number of sulfone groups is 3. The molecule has 0 unspecified atom stereocenters. The van der Waals surface area contributed by atoms with Gasteiger partial charge in [-0.1, -0.05) is 13.5 Å². The second-order valence-corrected chi connectivity index (χ2v) is 15.9. The number of amides is 1. The number of carbonyl (C=O) groups excluding carboxylic acids is 1. The Balaban J connectivity index is 0.00000507. The summed E-state index contributed by atoms with van der Waals surface area (Å²) in [5.74, 6) is -1.93. The van der Waals surface area contributed by atoms with Crippen molar-refractivity contribution in [3.8, 4) is 0 Å². The average molecular weight is 599 g/mol. The third-order valence-electron chi connectivity index (χ3n) is 6.46. The summed E-state index contributed by atoms with van der Waals surface area (Å²) in [5.41, 5.74) is -1.29. The van der Waals surface area contributed by atoms with Crippen LogP contribution in [0, 0.1) is 5.92 Å². The quantitative estimate of drug-likeness (QED) is 0.493. The summed E-state index contributed by atoms with van der Waals surface area (Å²) in [6.07, 6.45) is -3.07. The van der Waals surface area contributed by atoms with Crippen LogP contribution >= 0.6 is 0 Å². The number of hydrogen-bond donors (Lipinski definition) is 0. The number of pyridine rings is 1. The van der Waals surface area contributed by atoms with Gasteiger partial charge in [0.25, 0.3) is 0 Å². The highest BCUT2D eigenvalue weighted by molar-refractivity contribution is 7.93. The fourth-order valence-electron chi connectivity index (χ4n) is 4.11. The molecule has 1 aromatic carbocycles. The van der Waals surface area contributed by atoms with Crippen LogP contribution in [-0.2, 0) is 40.5 Å². The Bertz CT molecular complexity index is 1570. The van der Waals surface area contributed by atoms with Crippen LogP contribution in [-0.4, -0.2) is 59.9 Å². The molecule has 0 N–H and O–H groups in total. The van der Waals surface area contributed by atoms with Gasteiger partial charge in [-0.3, -0.25) is 9.69 Å². The summed E-state index contributed by atoms with van der Waals surface area (Å²) in [5, 5.41) is 0. The molecule has 2 aromatic rings. The highest BCUT2D eigenvalue weighted by Gasteiger charge is 2.46. The topological polar surface area (TPSA) is 136 Å². The van der Waals surface area contributed by atoms with Crippen LogP contribution in [0.5, 0.6) is 0 Å². The molecule has 1 fully saturated rings. The van der Waals surface area contributed by atoms with Crippen LogP contribution in [0.1, 0.15) is 39.7 Å². The Morgan fingerprint density at radius 2 is 1.53 bits per heavy atom. The summed E-state index contributed by atoms with van der Waals surface area (Å²) in [6, 6.07) is 5.29. The minimum atomic E-state index is -4.85. The first-order valence-electron chi connectivity index (χ1n) is 10.8. The molecule has 1 amide bonds. The second-order valence-electron chi connectivity index (χ2n) is 9.40. The molecule has 2 heterocycles. The van der Waals surface area contributed by atoms with Gasteiger partial charge in [0.2, 0.25) is 5.91 Å². The minimum Gasteiger partial charge on any atom is -0.296 e. The van der Waals surface area contributed by atoms with Crippen LogP contribution in [0.15, 0.2) is 51.2 Å². The molecule has 1 aromatic heterocycles. The maximum atomic E-state index is 13.5. The molecule has 15 heteroatoms. The molecule has 0 radical (unpaired) electrons. The smallest absolute Gasteiger partial charge is 0.296 e. The number of hydrogen-bond acceptors (Lipinski definition) is 8. The summed E-state index contributed by atoms with van der Waals surface area (Å²) < 4.78 is 113. The molecule has 1 atom stereocenters. The first-order valence-corrected chi connectivity index (χ1v) is 16.1. The maximum absolute atomic E-state index is 13.5. The second kappa shape index (κ2) is 10.2. The van der Waals surface area contributed by atoms with Gasteiger partial charge in [0.15, 0.2) is 35.3 Å². The number of nitrogens with zero attached hydrogens (tertiary/aromatic N) is 2. The van der Waals surface area contributed by atoms with E-state index in [1.165, 1.54) is 32.0 Å². The van der Waals surface area contributed by atoms with Crippen molar-refractivity contribution in [2.24, 2.45) is 5.92 Å². The lowest BCUT2D eigenvalue weighted by atomic mass is 9.85.